The lowest BCUT2D eigenvalue weighted by atomic mass is 10.1. The highest BCUT2D eigenvalue weighted by molar-refractivity contribution is 7.77. The third-order valence-electron chi connectivity index (χ3n) is 2.96. The van der Waals surface area contributed by atoms with Crippen LogP contribution in [0.5, 0.6) is 0 Å². The van der Waals surface area contributed by atoms with Crippen molar-refractivity contribution in [2.75, 3.05) is 26.2 Å². The molecule has 1 saturated heterocycles. The van der Waals surface area contributed by atoms with E-state index in [-0.39, 0.29) is 5.91 Å². The third-order valence-corrected chi connectivity index (χ3v) is 3.36. The molecule has 5 heteroatoms. The van der Waals surface area contributed by atoms with Crippen LogP contribution in [-0.4, -0.2) is 46.3 Å². The molecule has 1 fully saturated rings. The number of piperazine rings is 1. The van der Waals surface area contributed by atoms with Crippen LogP contribution in [0.2, 0.25) is 0 Å². The standard InChI is InChI=1S/C12H17N3OS/c16-12(14-6-8-15(17)9-7-14)4-3-11-2-1-5-13-10-11/h1-2,5,10,17H,3-4,6-9H2. The van der Waals surface area contributed by atoms with Crippen LogP contribution < -0.4 is 0 Å². The number of aromatic nitrogens is 1. The van der Waals surface area contributed by atoms with Crippen LogP contribution in [0.1, 0.15) is 12.0 Å². The molecule has 0 bridgehead atoms. The second-order valence-corrected chi connectivity index (χ2v) is 4.76. The van der Waals surface area contributed by atoms with E-state index >= 15 is 0 Å². The highest BCUT2D eigenvalue weighted by Gasteiger charge is 2.18. The van der Waals surface area contributed by atoms with Gasteiger partial charge in [-0.3, -0.25) is 9.78 Å². The van der Waals surface area contributed by atoms with Crippen molar-refractivity contribution in [2.24, 2.45) is 0 Å². The number of hydrogen-bond acceptors (Lipinski definition) is 4. The summed E-state index contributed by atoms with van der Waals surface area (Å²) in [6.07, 6.45) is 4.90. The zero-order valence-corrected chi connectivity index (χ0v) is 10.6. The number of rotatable bonds is 3. The first-order chi connectivity index (χ1) is 8.25. The minimum absolute atomic E-state index is 0.232. The quantitative estimate of drug-likeness (QED) is 0.814. The summed E-state index contributed by atoms with van der Waals surface area (Å²) >= 11 is 4.27. The molecule has 17 heavy (non-hydrogen) atoms. The number of aryl methyl sites for hydroxylation is 1. The summed E-state index contributed by atoms with van der Waals surface area (Å²) in [6.45, 7) is 3.27. The van der Waals surface area contributed by atoms with Gasteiger partial charge in [-0.1, -0.05) is 18.9 Å². The van der Waals surface area contributed by atoms with E-state index in [1.807, 2.05) is 27.5 Å². The summed E-state index contributed by atoms with van der Waals surface area (Å²) in [4.78, 5) is 17.9. The highest BCUT2D eigenvalue weighted by Crippen LogP contribution is 2.07. The van der Waals surface area contributed by atoms with Gasteiger partial charge >= 0.3 is 0 Å². The van der Waals surface area contributed by atoms with Crippen molar-refractivity contribution < 1.29 is 4.79 Å². The molecule has 1 aliphatic heterocycles. The molecule has 0 saturated carbocycles. The Morgan fingerprint density at radius 2 is 2.12 bits per heavy atom. The first-order valence-electron chi connectivity index (χ1n) is 5.86. The zero-order valence-electron chi connectivity index (χ0n) is 9.75. The van der Waals surface area contributed by atoms with Gasteiger partial charge in [0.15, 0.2) is 0 Å². The van der Waals surface area contributed by atoms with E-state index in [0.717, 1.165) is 38.2 Å². The molecule has 1 aromatic rings. The maximum absolute atomic E-state index is 11.9. The van der Waals surface area contributed by atoms with E-state index in [1.165, 1.54) is 0 Å². The Bertz CT molecular complexity index is 363. The zero-order chi connectivity index (χ0) is 12.1. The van der Waals surface area contributed by atoms with Gasteiger partial charge in [-0.25, -0.2) is 4.31 Å². The summed E-state index contributed by atoms with van der Waals surface area (Å²) in [5.41, 5.74) is 1.12. The first kappa shape index (κ1) is 12.4. The molecule has 4 nitrogen and oxygen atoms in total. The molecule has 2 heterocycles. The SMILES string of the molecule is O=C(CCc1cccnc1)N1CCN(S)CC1. The molecule has 92 valence electrons. The summed E-state index contributed by atoms with van der Waals surface area (Å²) in [5.74, 6) is 0.232. The molecule has 0 unspecified atom stereocenters. The van der Waals surface area contributed by atoms with Gasteiger partial charge in [0, 0.05) is 45.0 Å². The summed E-state index contributed by atoms with van der Waals surface area (Å²) in [5, 5.41) is 0. The minimum atomic E-state index is 0.232. The first-order valence-corrected chi connectivity index (χ1v) is 6.26. The van der Waals surface area contributed by atoms with E-state index in [2.05, 4.69) is 17.8 Å². The van der Waals surface area contributed by atoms with E-state index < -0.39 is 0 Å². The Hall–Kier alpha value is -1.07. The lowest BCUT2D eigenvalue weighted by Crippen LogP contribution is -2.45. The van der Waals surface area contributed by atoms with Crippen molar-refractivity contribution in [2.45, 2.75) is 12.8 Å². The average Bonchev–Trinajstić information content (AvgIpc) is 2.38. The Balaban J connectivity index is 1.78. The fourth-order valence-corrected chi connectivity index (χ4v) is 2.08. The molecule has 2 rings (SSSR count). The van der Waals surface area contributed by atoms with Gasteiger partial charge in [0.1, 0.15) is 0 Å². The Labute approximate surface area is 107 Å². The normalized spacial score (nSPS) is 17.1. The Morgan fingerprint density at radius 3 is 2.76 bits per heavy atom. The second kappa shape index (κ2) is 6.02. The van der Waals surface area contributed by atoms with Crippen molar-refractivity contribution >= 4 is 18.7 Å². The number of carbonyl (C=O) groups excluding carboxylic acids is 1. The van der Waals surface area contributed by atoms with Crippen LogP contribution in [-0.2, 0) is 11.2 Å². The molecule has 1 aromatic heterocycles. The van der Waals surface area contributed by atoms with E-state index in [4.69, 9.17) is 0 Å². The highest BCUT2D eigenvalue weighted by atomic mass is 32.1. The second-order valence-electron chi connectivity index (χ2n) is 4.20. The van der Waals surface area contributed by atoms with Crippen molar-refractivity contribution in [3.8, 4) is 0 Å². The summed E-state index contributed by atoms with van der Waals surface area (Å²) < 4.78 is 1.95. The number of amides is 1. The van der Waals surface area contributed by atoms with Gasteiger partial charge in [-0.15, -0.1) is 0 Å². The maximum Gasteiger partial charge on any atom is 0.222 e. The fraction of sp³-hybridized carbons (Fsp3) is 0.500. The van der Waals surface area contributed by atoms with Gasteiger partial charge < -0.3 is 4.90 Å². The lowest BCUT2D eigenvalue weighted by Gasteiger charge is -2.31. The lowest BCUT2D eigenvalue weighted by molar-refractivity contribution is -0.132. The van der Waals surface area contributed by atoms with Crippen LogP contribution in [0.4, 0.5) is 0 Å². The van der Waals surface area contributed by atoms with Gasteiger partial charge in [-0.2, -0.15) is 0 Å². The van der Waals surface area contributed by atoms with E-state index in [0.29, 0.717) is 6.42 Å². The molecule has 1 amide bonds. The smallest absolute Gasteiger partial charge is 0.222 e. The number of thiol groups is 1. The van der Waals surface area contributed by atoms with Gasteiger partial charge in [0.05, 0.1) is 0 Å². The third kappa shape index (κ3) is 3.71. The molecule has 0 spiro atoms. The Morgan fingerprint density at radius 1 is 1.35 bits per heavy atom. The molecule has 0 N–H and O–H groups in total. The van der Waals surface area contributed by atoms with Crippen LogP contribution in [0.3, 0.4) is 0 Å². The monoisotopic (exact) mass is 251 g/mol. The Kier molecular flexibility index (Phi) is 4.39. The van der Waals surface area contributed by atoms with Gasteiger partial charge in [0.25, 0.3) is 0 Å². The van der Waals surface area contributed by atoms with Crippen LogP contribution in [0.25, 0.3) is 0 Å². The fourth-order valence-electron chi connectivity index (χ4n) is 1.90. The number of nitrogens with zero attached hydrogens (tertiary/aromatic N) is 3. The van der Waals surface area contributed by atoms with Crippen LogP contribution >= 0.6 is 12.8 Å². The average molecular weight is 251 g/mol. The molecule has 0 radical (unpaired) electrons. The van der Waals surface area contributed by atoms with Crippen LogP contribution in [0, 0.1) is 0 Å². The molecule has 0 aromatic carbocycles. The van der Waals surface area contributed by atoms with Crippen molar-refractivity contribution in [3.05, 3.63) is 30.1 Å². The molecular formula is C12H17N3OS. The van der Waals surface area contributed by atoms with Crippen molar-refractivity contribution in [3.63, 3.8) is 0 Å². The predicted octanol–water partition coefficient (Wildman–Crippen LogP) is 1.00. The van der Waals surface area contributed by atoms with Crippen molar-refractivity contribution in [1.82, 2.24) is 14.2 Å². The summed E-state index contributed by atoms with van der Waals surface area (Å²) in [7, 11) is 0. The van der Waals surface area contributed by atoms with Gasteiger partial charge in [0.2, 0.25) is 5.91 Å². The van der Waals surface area contributed by atoms with Crippen molar-refractivity contribution in [1.29, 1.82) is 0 Å². The molecule has 0 aliphatic carbocycles. The number of carbonyl (C=O) groups is 1. The predicted molar refractivity (Wildman–Crippen MR) is 69.7 cm³/mol. The molecular weight excluding hydrogens is 234 g/mol. The topological polar surface area (TPSA) is 36.4 Å². The molecule has 0 atom stereocenters. The van der Waals surface area contributed by atoms with E-state index in [9.17, 15) is 4.79 Å². The van der Waals surface area contributed by atoms with Crippen LogP contribution in [0.15, 0.2) is 24.5 Å². The summed E-state index contributed by atoms with van der Waals surface area (Å²) in [6, 6.07) is 3.91. The number of pyridine rings is 1. The van der Waals surface area contributed by atoms with Gasteiger partial charge in [-0.05, 0) is 18.1 Å². The minimum Gasteiger partial charge on any atom is -0.340 e. The maximum atomic E-state index is 11.9. The number of hydrogen-bond donors (Lipinski definition) is 1. The van der Waals surface area contributed by atoms with E-state index in [1.54, 1.807) is 6.20 Å². The molecule has 1 aliphatic rings. The largest absolute Gasteiger partial charge is 0.340 e.